The van der Waals surface area contributed by atoms with Crippen LogP contribution in [-0.2, 0) is 0 Å². The minimum Gasteiger partial charge on any atom is -0.370 e. The molecule has 3 N–H and O–H groups in total. The summed E-state index contributed by atoms with van der Waals surface area (Å²) in [4.78, 5) is 6.86. The van der Waals surface area contributed by atoms with Crippen molar-refractivity contribution >= 4 is 11.6 Å². The van der Waals surface area contributed by atoms with Crippen LogP contribution in [0.2, 0.25) is 0 Å². The molecule has 4 heteroatoms. The van der Waals surface area contributed by atoms with Crippen LogP contribution in [0.4, 0.5) is 5.69 Å². The fraction of sp³-hybridized carbons (Fsp3) is 0.588. The number of anilines is 1. The van der Waals surface area contributed by atoms with Crippen LogP contribution in [0.3, 0.4) is 0 Å². The largest absolute Gasteiger partial charge is 0.370 e. The molecule has 0 radical (unpaired) electrons. The van der Waals surface area contributed by atoms with Crippen LogP contribution in [0.5, 0.6) is 0 Å². The van der Waals surface area contributed by atoms with Crippen LogP contribution in [0, 0.1) is 19.8 Å². The SMILES string of the molecule is Cc1cc(C)cc(NC(N)=NCCC2CCN(C)CC2)c1. The lowest BCUT2D eigenvalue weighted by molar-refractivity contribution is 0.214. The fourth-order valence-corrected chi connectivity index (χ4v) is 2.95. The molecule has 4 nitrogen and oxygen atoms in total. The summed E-state index contributed by atoms with van der Waals surface area (Å²) in [7, 11) is 2.19. The zero-order valence-electron chi connectivity index (χ0n) is 13.5. The summed E-state index contributed by atoms with van der Waals surface area (Å²) in [5, 5.41) is 3.19. The van der Waals surface area contributed by atoms with Gasteiger partial charge in [0.05, 0.1) is 0 Å². The van der Waals surface area contributed by atoms with Crippen molar-refractivity contribution in [2.24, 2.45) is 16.6 Å². The number of aliphatic imine (C=N–C) groups is 1. The summed E-state index contributed by atoms with van der Waals surface area (Å²) in [6, 6.07) is 6.33. The lowest BCUT2D eigenvalue weighted by atomic mass is 9.94. The zero-order chi connectivity index (χ0) is 15.2. The number of nitrogens with one attached hydrogen (secondary N) is 1. The van der Waals surface area contributed by atoms with Crippen LogP contribution in [0.1, 0.15) is 30.4 Å². The molecule has 0 unspecified atom stereocenters. The number of hydrogen-bond acceptors (Lipinski definition) is 2. The Morgan fingerprint density at radius 2 is 1.86 bits per heavy atom. The van der Waals surface area contributed by atoms with Crippen molar-refractivity contribution in [3.63, 3.8) is 0 Å². The molecule has 0 spiro atoms. The van der Waals surface area contributed by atoms with E-state index in [9.17, 15) is 0 Å². The van der Waals surface area contributed by atoms with Gasteiger partial charge in [-0.05, 0) is 82.4 Å². The summed E-state index contributed by atoms with van der Waals surface area (Å²) in [6.07, 6.45) is 3.72. The monoisotopic (exact) mass is 288 g/mol. The topological polar surface area (TPSA) is 53.6 Å². The van der Waals surface area contributed by atoms with Gasteiger partial charge in [-0.15, -0.1) is 0 Å². The Morgan fingerprint density at radius 3 is 2.48 bits per heavy atom. The smallest absolute Gasteiger partial charge is 0.193 e. The minimum absolute atomic E-state index is 0.521. The van der Waals surface area contributed by atoms with Crippen molar-refractivity contribution in [1.82, 2.24) is 4.90 Å². The molecule has 1 saturated heterocycles. The van der Waals surface area contributed by atoms with E-state index < -0.39 is 0 Å². The predicted octanol–water partition coefficient (Wildman–Crippen LogP) is 2.76. The number of nitrogens with two attached hydrogens (primary N) is 1. The molecule has 1 aromatic rings. The van der Waals surface area contributed by atoms with Crippen LogP contribution < -0.4 is 11.1 Å². The third-order valence-electron chi connectivity index (χ3n) is 4.15. The molecular formula is C17H28N4. The molecule has 2 rings (SSSR count). The van der Waals surface area contributed by atoms with Crippen molar-refractivity contribution in [2.45, 2.75) is 33.1 Å². The zero-order valence-corrected chi connectivity index (χ0v) is 13.5. The molecule has 1 fully saturated rings. The van der Waals surface area contributed by atoms with E-state index in [0.29, 0.717) is 5.96 Å². The number of nitrogens with zero attached hydrogens (tertiary/aromatic N) is 2. The van der Waals surface area contributed by atoms with Gasteiger partial charge in [-0.2, -0.15) is 0 Å². The number of rotatable bonds is 4. The first-order valence-corrected chi connectivity index (χ1v) is 7.86. The minimum atomic E-state index is 0.521. The Labute approximate surface area is 128 Å². The Hall–Kier alpha value is -1.55. The Morgan fingerprint density at radius 1 is 1.24 bits per heavy atom. The van der Waals surface area contributed by atoms with Gasteiger partial charge < -0.3 is 16.0 Å². The van der Waals surface area contributed by atoms with E-state index in [1.165, 1.54) is 37.1 Å². The van der Waals surface area contributed by atoms with Crippen molar-refractivity contribution in [1.29, 1.82) is 0 Å². The molecule has 116 valence electrons. The van der Waals surface area contributed by atoms with Crippen molar-refractivity contribution in [3.05, 3.63) is 29.3 Å². The van der Waals surface area contributed by atoms with E-state index in [1.54, 1.807) is 0 Å². The summed E-state index contributed by atoms with van der Waals surface area (Å²) >= 11 is 0. The molecule has 1 aromatic carbocycles. The number of piperidine rings is 1. The highest BCUT2D eigenvalue weighted by molar-refractivity contribution is 5.92. The van der Waals surface area contributed by atoms with E-state index in [-0.39, 0.29) is 0 Å². The van der Waals surface area contributed by atoms with Gasteiger partial charge in [0, 0.05) is 12.2 Å². The molecule has 0 atom stereocenters. The van der Waals surface area contributed by atoms with E-state index in [4.69, 9.17) is 5.73 Å². The Balaban J connectivity index is 1.78. The van der Waals surface area contributed by atoms with Crippen molar-refractivity contribution in [2.75, 3.05) is 32.0 Å². The molecule has 0 bridgehead atoms. The second kappa shape index (κ2) is 7.46. The summed E-state index contributed by atoms with van der Waals surface area (Å²) in [5.41, 5.74) is 9.46. The highest BCUT2D eigenvalue weighted by Crippen LogP contribution is 2.19. The molecule has 0 saturated carbocycles. The van der Waals surface area contributed by atoms with Gasteiger partial charge in [0.1, 0.15) is 0 Å². The average Bonchev–Trinajstić information content (AvgIpc) is 2.39. The van der Waals surface area contributed by atoms with E-state index in [0.717, 1.165) is 24.6 Å². The second-order valence-electron chi connectivity index (χ2n) is 6.30. The third kappa shape index (κ3) is 5.38. The molecule has 0 aliphatic carbocycles. The van der Waals surface area contributed by atoms with Gasteiger partial charge in [-0.3, -0.25) is 4.99 Å². The standard InChI is InChI=1S/C17H28N4/c1-13-10-14(2)12-16(11-13)20-17(18)19-7-4-15-5-8-21(3)9-6-15/h10-12,15H,4-9H2,1-3H3,(H3,18,19,20). The molecular weight excluding hydrogens is 260 g/mol. The van der Waals surface area contributed by atoms with Gasteiger partial charge in [0.25, 0.3) is 0 Å². The lowest BCUT2D eigenvalue weighted by Crippen LogP contribution is -2.30. The maximum atomic E-state index is 5.97. The quantitative estimate of drug-likeness (QED) is 0.661. The number of benzene rings is 1. The maximum Gasteiger partial charge on any atom is 0.193 e. The highest BCUT2D eigenvalue weighted by atomic mass is 15.1. The first-order valence-electron chi connectivity index (χ1n) is 7.86. The van der Waals surface area contributed by atoms with E-state index in [2.05, 4.69) is 54.3 Å². The van der Waals surface area contributed by atoms with Gasteiger partial charge >= 0.3 is 0 Å². The van der Waals surface area contributed by atoms with Gasteiger partial charge in [0.15, 0.2) is 5.96 Å². The maximum absolute atomic E-state index is 5.97. The van der Waals surface area contributed by atoms with Crippen LogP contribution in [0.25, 0.3) is 0 Å². The van der Waals surface area contributed by atoms with E-state index in [1.807, 2.05) is 0 Å². The third-order valence-corrected chi connectivity index (χ3v) is 4.15. The number of likely N-dealkylation sites (tertiary alicyclic amines) is 1. The van der Waals surface area contributed by atoms with Crippen LogP contribution >= 0.6 is 0 Å². The van der Waals surface area contributed by atoms with E-state index >= 15 is 0 Å². The predicted molar refractivity (Wildman–Crippen MR) is 90.9 cm³/mol. The van der Waals surface area contributed by atoms with Gasteiger partial charge in [-0.1, -0.05) is 6.07 Å². The first kappa shape index (κ1) is 15.8. The van der Waals surface area contributed by atoms with Gasteiger partial charge in [-0.25, -0.2) is 0 Å². The number of hydrogen-bond donors (Lipinski definition) is 2. The second-order valence-corrected chi connectivity index (χ2v) is 6.30. The highest BCUT2D eigenvalue weighted by Gasteiger charge is 2.15. The van der Waals surface area contributed by atoms with Crippen molar-refractivity contribution in [3.8, 4) is 0 Å². The number of guanidine groups is 1. The molecule has 1 heterocycles. The molecule has 1 aliphatic rings. The normalized spacial score (nSPS) is 18.0. The van der Waals surface area contributed by atoms with Crippen LogP contribution in [0.15, 0.2) is 23.2 Å². The average molecular weight is 288 g/mol. The first-order chi connectivity index (χ1) is 10.0. The molecule has 0 aromatic heterocycles. The molecule has 0 amide bonds. The molecule has 21 heavy (non-hydrogen) atoms. The summed E-state index contributed by atoms with van der Waals surface area (Å²) in [6.45, 7) is 7.42. The summed E-state index contributed by atoms with van der Waals surface area (Å²) < 4.78 is 0. The lowest BCUT2D eigenvalue weighted by Gasteiger charge is -2.28. The fourth-order valence-electron chi connectivity index (χ4n) is 2.95. The van der Waals surface area contributed by atoms with Crippen LogP contribution in [-0.4, -0.2) is 37.5 Å². The van der Waals surface area contributed by atoms with Crippen molar-refractivity contribution < 1.29 is 0 Å². The number of aryl methyl sites for hydroxylation is 2. The summed E-state index contributed by atoms with van der Waals surface area (Å²) in [5.74, 6) is 1.33. The Kier molecular flexibility index (Phi) is 5.62. The molecule has 1 aliphatic heterocycles. The van der Waals surface area contributed by atoms with Gasteiger partial charge in [0.2, 0.25) is 0 Å². The Bertz CT molecular complexity index is 467.